The summed E-state index contributed by atoms with van der Waals surface area (Å²) in [6.07, 6.45) is 1.62. The fraction of sp³-hybridized carbons (Fsp3) is 0.0714. The van der Waals surface area contributed by atoms with Gasteiger partial charge in [0.05, 0.1) is 12.8 Å². The van der Waals surface area contributed by atoms with Crippen molar-refractivity contribution in [1.82, 2.24) is 5.43 Å². The summed E-state index contributed by atoms with van der Waals surface area (Å²) in [7, 11) is 0. The molecule has 0 bridgehead atoms. The summed E-state index contributed by atoms with van der Waals surface area (Å²) in [5, 5.41) is 14.6. The smallest absolute Gasteiger partial charge is 0.116 e. The molecule has 3 nitrogen and oxygen atoms in total. The van der Waals surface area contributed by atoms with E-state index in [4.69, 9.17) is 23.2 Å². The van der Waals surface area contributed by atoms with Gasteiger partial charge < -0.3 is 10.5 Å². The summed E-state index contributed by atoms with van der Waals surface area (Å²) < 4.78 is 0. The summed E-state index contributed by atoms with van der Waals surface area (Å²) in [5.41, 5.74) is 4.48. The van der Waals surface area contributed by atoms with Crippen molar-refractivity contribution in [3.8, 4) is 5.75 Å². The number of phenols is 1. The number of phenolic OH excluding ortho intramolecular Hbond substituents is 1. The summed E-state index contributed by atoms with van der Waals surface area (Å²) in [6.45, 7) is 0.438. The molecule has 0 aliphatic rings. The molecule has 98 valence electrons. The monoisotopic (exact) mass is 294 g/mol. The van der Waals surface area contributed by atoms with Crippen LogP contribution < -0.4 is 5.43 Å². The third-order valence-electron chi connectivity index (χ3n) is 2.49. The van der Waals surface area contributed by atoms with Crippen LogP contribution in [0.3, 0.4) is 0 Å². The molecule has 0 fully saturated rings. The first-order chi connectivity index (χ1) is 9.16. The van der Waals surface area contributed by atoms with Crippen molar-refractivity contribution in [3.05, 3.63) is 63.6 Å². The molecule has 0 heterocycles. The summed E-state index contributed by atoms with van der Waals surface area (Å²) in [5.74, 6) is 0.207. The van der Waals surface area contributed by atoms with Gasteiger partial charge in [-0.1, -0.05) is 41.4 Å². The highest BCUT2D eigenvalue weighted by Gasteiger charge is 2.03. The Labute approximate surface area is 121 Å². The van der Waals surface area contributed by atoms with E-state index >= 15 is 0 Å². The molecule has 19 heavy (non-hydrogen) atoms. The average molecular weight is 295 g/mol. The number of nitrogens with zero attached hydrogens (tertiary/aromatic N) is 1. The molecule has 0 radical (unpaired) electrons. The van der Waals surface area contributed by atoms with Gasteiger partial charge in [-0.2, -0.15) is 5.10 Å². The number of nitrogens with one attached hydrogen (secondary N) is 1. The van der Waals surface area contributed by atoms with E-state index in [9.17, 15) is 5.11 Å². The second-order valence-electron chi connectivity index (χ2n) is 3.89. The Kier molecular flexibility index (Phi) is 4.66. The number of benzene rings is 2. The van der Waals surface area contributed by atoms with E-state index in [-0.39, 0.29) is 5.75 Å². The highest BCUT2D eigenvalue weighted by Crippen LogP contribution is 2.23. The Morgan fingerprint density at radius 1 is 1.11 bits per heavy atom. The summed E-state index contributed by atoms with van der Waals surface area (Å²) in [4.78, 5) is 0. The number of hydrazone groups is 1. The topological polar surface area (TPSA) is 44.6 Å². The first kappa shape index (κ1) is 13.7. The number of hydrogen-bond acceptors (Lipinski definition) is 3. The van der Waals surface area contributed by atoms with Crippen molar-refractivity contribution < 1.29 is 5.11 Å². The van der Waals surface area contributed by atoms with Crippen molar-refractivity contribution in [2.75, 3.05) is 0 Å². The SMILES string of the molecule is Oc1cccc(/C=N\NCc2c(Cl)cccc2Cl)c1. The predicted octanol–water partition coefficient (Wildman–Crippen LogP) is 3.82. The average Bonchev–Trinajstić information content (AvgIpc) is 2.37. The van der Waals surface area contributed by atoms with Gasteiger partial charge in [0, 0.05) is 15.6 Å². The van der Waals surface area contributed by atoms with Crippen molar-refractivity contribution in [3.63, 3.8) is 0 Å². The predicted molar refractivity (Wildman–Crippen MR) is 79.0 cm³/mol. The van der Waals surface area contributed by atoms with Gasteiger partial charge in [0.25, 0.3) is 0 Å². The molecule has 2 aromatic rings. The minimum atomic E-state index is 0.207. The van der Waals surface area contributed by atoms with Crippen LogP contribution in [-0.4, -0.2) is 11.3 Å². The van der Waals surface area contributed by atoms with Crippen LogP contribution in [0.2, 0.25) is 10.0 Å². The van der Waals surface area contributed by atoms with Gasteiger partial charge in [-0.05, 0) is 29.8 Å². The van der Waals surface area contributed by atoms with Gasteiger partial charge in [-0.15, -0.1) is 0 Å². The van der Waals surface area contributed by atoms with Crippen LogP contribution in [0.25, 0.3) is 0 Å². The molecule has 0 saturated heterocycles. The highest BCUT2D eigenvalue weighted by atomic mass is 35.5. The molecule has 2 rings (SSSR count). The molecule has 0 spiro atoms. The maximum atomic E-state index is 9.30. The first-order valence-corrected chi connectivity index (χ1v) is 6.40. The van der Waals surface area contributed by atoms with Crippen LogP contribution in [0, 0.1) is 0 Å². The Morgan fingerprint density at radius 2 is 1.79 bits per heavy atom. The lowest BCUT2D eigenvalue weighted by atomic mass is 10.2. The Balaban J connectivity index is 1.97. The van der Waals surface area contributed by atoms with Gasteiger partial charge in [0.1, 0.15) is 5.75 Å². The van der Waals surface area contributed by atoms with Crippen LogP contribution >= 0.6 is 23.2 Å². The lowest BCUT2D eigenvalue weighted by molar-refractivity contribution is 0.475. The van der Waals surface area contributed by atoms with Crippen LogP contribution in [0.5, 0.6) is 5.75 Å². The second kappa shape index (κ2) is 6.45. The maximum Gasteiger partial charge on any atom is 0.116 e. The second-order valence-corrected chi connectivity index (χ2v) is 4.70. The van der Waals surface area contributed by atoms with E-state index in [1.54, 1.807) is 42.6 Å². The number of hydrogen-bond donors (Lipinski definition) is 2. The van der Waals surface area contributed by atoms with Gasteiger partial charge >= 0.3 is 0 Å². The Morgan fingerprint density at radius 3 is 2.47 bits per heavy atom. The standard InChI is InChI=1S/C14H12Cl2N2O/c15-13-5-2-6-14(16)12(13)9-18-17-8-10-3-1-4-11(19)7-10/h1-8,18-19H,9H2/b17-8-. The fourth-order valence-corrected chi connectivity index (χ4v) is 2.08. The van der Waals surface area contributed by atoms with Gasteiger partial charge in [0.15, 0.2) is 0 Å². The summed E-state index contributed by atoms with van der Waals surface area (Å²) in [6, 6.07) is 12.2. The zero-order valence-electron chi connectivity index (χ0n) is 9.98. The van der Waals surface area contributed by atoms with E-state index in [0.717, 1.165) is 11.1 Å². The normalized spacial score (nSPS) is 10.8. The fourth-order valence-electron chi connectivity index (χ4n) is 1.55. The molecule has 0 aliphatic heterocycles. The molecule has 0 aliphatic carbocycles. The van der Waals surface area contributed by atoms with Crippen molar-refractivity contribution in [1.29, 1.82) is 0 Å². The molecule has 0 aromatic heterocycles. The van der Waals surface area contributed by atoms with Crippen molar-refractivity contribution in [2.24, 2.45) is 5.10 Å². The lowest BCUT2D eigenvalue weighted by Gasteiger charge is -2.05. The molecule has 0 unspecified atom stereocenters. The van der Waals surface area contributed by atoms with Gasteiger partial charge in [-0.25, -0.2) is 0 Å². The number of halogens is 2. The highest BCUT2D eigenvalue weighted by molar-refractivity contribution is 6.35. The van der Waals surface area contributed by atoms with Crippen molar-refractivity contribution >= 4 is 29.4 Å². The van der Waals surface area contributed by atoms with Crippen LogP contribution in [-0.2, 0) is 6.54 Å². The summed E-state index contributed by atoms with van der Waals surface area (Å²) >= 11 is 12.1. The lowest BCUT2D eigenvalue weighted by Crippen LogP contribution is -2.06. The van der Waals surface area contributed by atoms with E-state index in [0.29, 0.717) is 16.6 Å². The van der Waals surface area contributed by atoms with Crippen LogP contribution in [0.1, 0.15) is 11.1 Å². The van der Waals surface area contributed by atoms with E-state index in [2.05, 4.69) is 10.5 Å². The maximum absolute atomic E-state index is 9.30. The minimum absolute atomic E-state index is 0.207. The largest absolute Gasteiger partial charge is 0.508 e. The third kappa shape index (κ3) is 3.88. The minimum Gasteiger partial charge on any atom is -0.508 e. The quantitative estimate of drug-likeness (QED) is 0.665. The first-order valence-electron chi connectivity index (χ1n) is 5.64. The molecular formula is C14H12Cl2N2O. The van der Waals surface area contributed by atoms with E-state index in [1.807, 2.05) is 6.07 Å². The third-order valence-corrected chi connectivity index (χ3v) is 3.20. The molecule has 0 saturated carbocycles. The molecule has 2 aromatic carbocycles. The molecule has 0 atom stereocenters. The van der Waals surface area contributed by atoms with Crippen molar-refractivity contribution in [2.45, 2.75) is 6.54 Å². The Hall–Kier alpha value is -1.71. The van der Waals surface area contributed by atoms with Gasteiger partial charge in [0.2, 0.25) is 0 Å². The zero-order valence-corrected chi connectivity index (χ0v) is 11.5. The zero-order chi connectivity index (χ0) is 13.7. The molecule has 2 N–H and O–H groups in total. The van der Waals surface area contributed by atoms with E-state index in [1.165, 1.54) is 0 Å². The molecular weight excluding hydrogens is 283 g/mol. The number of rotatable bonds is 4. The van der Waals surface area contributed by atoms with E-state index < -0.39 is 0 Å². The molecule has 0 amide bonds. The van der Waals surface area contributed by atoms with Crippen LogP contribution in [0.4, 0.5) is 0 Å². The number of aromatic hydroxyl groups is 1. The Bertz CT molecular complexity index is 579. The van der Waals surface area contributed by atoms with Gasteiger partial charge in [-0.3, -0.25) is 0 Å². The van der Waals surface area contributed by atoms with Crippen LogP contribution in [0.15, 0.2) is 47.6 Å². The molecule has 5 heteroatoms.